The molecule has 148 valence electrons. The Balaban J connectivity index is 1.58. The first-order chi connectivity index (χ1) is 13.5. The highest BCUT2D eigenvalue weighted by atomic mass is 16.4. The molecule has 2 N–H and O–H groups in total. The standard InChI is InChI=1S/C20H25N5O3/c1-21-19(26)15-5-3-14(4-6-15)18-12-22-16(11-23-18)13-24(2)17-7-9-25(10-8-17)20(27)28/h3-6,11-12,17H,7-10,13H2,1-2H3,(H,21,26)(H,27,28). The van der Waals surface area contributed by atoms with Crippen molar-refractivity contribution in [1.29, 1.82) is 0 Å². The van der Waals surface area contributed by atoms with Crippen molar-refractivity contribution >= 4 is 12.0 Å². The average Bonchev–Trinajstić information content (AvgIpc) is 2.74. The Morgan fingerprint density at radius 3 is 2.39 bits per heavy atom. The maximum absolute atomic E-state index is 11.6. The van der Waals surface area contributed by atoms with Gasteiger partial charge >= 0.3 is 6.09 Å². The fourth-order valence-corrected chi connectivity index (χ4v) is 3.40. The van der Waals surface area contributed by atoms with Gasteiger partial charge in [0.05, 0.1) is 23.8 Å². The number of carbonyl (C=O) groups is 2. The average molecular weight is 383 g/mol. The molecule has 2 heterocycles. The summed E-state index contributed by atoms with van der Waals surface area (Å²) in [6, 6.07) is 7.59. The minimum atomic E-state index is -0.842. The van der Waals surface area contributed by atoms with Crippen LogP contribution >= 0.6 is 0 Å². The number of aromatic nitrogens is 2. The highest BCUT2D eigenvalue weighted by Gasteiger charge is 2.25. The summed E-state index contributed by atoms with van der Waals surface area (Å²) in [5.41, 5.74) is 3.13. The summed E-state index contributed by atoms with van der Waals surface area (Å²) in [5.74, 6) is -0.120. The summed E-state index contributed by atoms with van der Waals surface area (Å²) in [4.78, 5) is 35.3. The third-order valence-corrected chi connectivity index (χ3v) is 5.14. The van der Waals surface area contributed by atoms with E-state index in [1.54, 1.807) is 31.6 Å². The molecule has 0 saturated carbocycles. The second-order valence-corrected chi connectivity index (χ2v) is 6.97. The largest absolute Gasteiger partial charge is 0.465 e. The van der Waals surface area contributed by atoms with Crippen LogP contribution in [-0.4, -0.2) is 70.1 Å². The van der Waals surface area contributed by atoms with Crippen LogP contribution in [0.25, 0.3) is 11.3 Å². The molecule has 28 heavy (non-hydrogen) atoms. The predicted octanol–water partition coefficient (Wildman–Crippen LogP) is 2.08. The van der Waals surface area contributed by atoms with Crippen molar-refractivity contribution in [3.05, 3.63) is 47.9 Å². The first kappa shape index (κ1) is 19.8. The highest BCUT2D eigenvalue weighted by molar-refractivity contribution is 5.94. The van der Waals surface area contributed by atoms with Gasteiger partial charge in [-0.1, -0.05) is 12.1 Å². The van der Waals surface area contributed by atoms with Gasteiger partial charge in [0, 0.05) is 43.9 Å². The minimum Gasteiger partial charge on any atom is -0.465 e. The molecule has 2 amide bonds. The number of likely N-dealkylation sites (tertiary alicyclic amines) is 1. The zero-order valence-corrected chi connectivity index (χ0v) is 16.1. The summed E-state index contributed by atoms with van der Waals surface area (Å²) in [5, 5.41) is 11.6. The molecule has 1 aromatic heterocycles. The smallest absolute Gasteiger partial charge is 0.407 e. The van der Waals surface area contributed by atoms with Gasteiger partial charge in [-0.05, 0) is 32.0 Å². The maximum atomic E-state index is 11.6. The van der Waals surface area contributed by atoms with Crippen molar-refractivity contribution in [2.75, 3.05) is 27.2 Å². The Labute approximate surface area is 164 Å². The van der Waals surface area contributed by atoms with Crippen LogP contribution in [0.4, 0.5) is 4.79 Å². The molecule has 8 nitrogen and oxygen atoms in total. The molecule has 0 atom stereocenters. The van der Waals surface area contributed by atoms with Gasteiger partial charge in [-0.3, -0.25) is 19.7 Å². The van der Waals surface area contributed by atoms with Crippen molar-refractivity contribution in [3.63, 3.8) is 0 Å². The Bertz CT molecular complexity index is 815. The summed E-state index contributed by atoms with van der Waals surface area (Å²) < 4.78 is 0. The molecule has 1 aromatic carbocycles. The lowest BCUT2D eigenvalue weighted by Gasteiger charge is -2.35. The van der Waals surface area contributed by atoms with Gasteiger partial charge < -0.3 is 15.3 Å². The number of amides is 2. The van der Waals surface area contributed by atoms with Crippen LogP contribution in [0.1, 0.15) is 28.9 Å². The predicted molar refractivity (Wildman–Crippen MR) is 105 cm³/mol. The van der Waals surface area contributed by atoms with E-state index >= 15 is 0 Å². The molecule has 0 aliphatic carbocycles. The van der Waals surface area contributed by atoms with E-state index in [1.807, 2.05) is 19.2 Å². The number of piperidine rings is 1. The Morgan fingerprint density at radius 2 is 1.86 bits per heavy atom. The van der Waals surface area contributed by atoms with E-state index in [9.17, 15) is 9.59 Å². The third kappa shape index (κ3) is 4.64. The fraction of sp³-hybridized carbons (Fsp3) is 0.400. The normalized spacial score (nSPS) is 14.9. The second-order valence-electron chi connectivity index (χ2n) is 6.97. The van der Waals surface area contributed by atoms with Gasteiger partial charge in [-0.25, -0.2) is 4.79 Å². The molecular weight excluding hydrogens is 358 g/mol. The van der Waals surface area contributed by atoms with E-state index in [2.05, 4.69) is 20.2 Å². The molecule has 0 bridgehead atoms. The first-order valence-electron chi connectivity index (χ1n) is 9.29. The summed E-state index contributed by atoms with van der Waals surface area (Å²) in [6.07, 6.45) is 4.32. The van der Waals surface area contributed by atoms with Crippen LogP contribution < -0.4 is 5.32 Å². The second kappa shape index (κ2) is 8.79. The van der Waals surface area contributed by atoms with Gasteiger partial charge in [0.15, 0.2) is 0 Å². The molecule has 2 aromatic rings. The molecule has 0 unspecified atom stereocenters. The topological polar surface area (TPSA) is 98.7 Å². The van der Waals surface area contributed by atoms with E-state index < -0.39 is 6.09 Å². The lowest BCUT2D eigenvalue weighted by molar-refractivity contribution is 0.0962. The quantitative estimate of drug-likeness (QED) is 0.820. The molecule has 0 spiro atoms. The van der Waals surface area contributed by atoms with E-state index in [-0.39, 0.29) is 5.91 Å². The zero-order chi connectivity index (χ0) is 20.1. The lowest BCUT2D eigenvalue weighted by Crippen LogP contribution is -2.44. The Morgan fingerprint density at radius 1 is 1.18 bits per heavy atom. The van der Waals surface area contributed by atoms with E-state index in [0.29, 0.717) is 31.2 Å². The summed E-state index contributed by atoms with van der Waals surface area (Å²) in [6.45, 7) is 1.81. The van der Waals surface area contributed by atoms with Crippen LogP contribution in [0.2, 0.25) is 0 Å². The molecule has 8 heteroatoms. The molecule has 0 radical (unpaired) electrons. The maximum Gasteiger partial charge on any atom is 0.407 e. The number of rotatable bonds is 5. The first-order valence-corrected chi connectivity index (χ1v) is 9.29. The fourth-order valence-electron chi connectivity index (χ4n) is 3.40. The molecule has 1 saturated heterocycles. The van der Waals surface area contributed by atoms with Crippen LogP contribution in [-0.2, 0) is 6.54 Å². The lowest BCUT2D eigenvalue weighted by atomic mass is 10.0. The molecule has 1 aliphatic rings. The van der Waals surface area contributed by atoms with E-state index in [1.165, 1.54) is 4.90 Å². The van der Waals surface area contributed by atoms with Gasteiger partial charge in [0.25, 0.3) is 5.91 Å². The molecule has 1 fully saturated rings. The number of benzene rings is 1. The third-order valence-electron chi connectivity index (χ3n) is 5.14. The summed E-state index contributed by atoms with van der Waals surface area (Å²) in [7, 11) is 3.64. The number of carboxylic acid groups (broad SMARTS) is 1. The Kier molecular flexibility index (Phi) is 6.20. The van der Waals surface area contributed by atoms with Crippen molar-refractivity contribution in [2.45, 2.75) is 25.4 Å². The number of carbonyl (C=O) groups excluding carboxylic acids is 1. The van der Waals surface area contributed by atoms with Gasteiger partial charge in [-0.15, -0.1) is 0 Å². The number of nitrogens with one attached hydrogen (secondary N) is 1. The minimum absolute atomic E-state index is 0.120. The summed E-state index contributed by atoms with van der Waals surface area (Å²) >= 11 is 0. The molecule has 3 rings (SSSR count). The monoisotopic (exact) mass is 383 g/mol. The number of nitrogens with zero attached hydrogens (tertiary/aromatic N) is 4. The van der Waals surface area contributed by atoms with Crippen LogP contribution in [0.5, 0.6) is 0 Å². The van der Waals surface area contributed by atoms with Gasteiger partial charge in [0.1, 0.15) is 0 Å². The van der Waals surface area contributed by atoms with Crippen LogP contribution in [0.15, 0.2) is 36.7 Å². The van der Waals surface area contributed by atoms with Crippen LogP contribution in [0, 0.1) is 0 Å². The molecular formula is C20H25N5O3. The number of hydrogen-bond donors (Lipinski definition) is 2. The van der Waals surface area contributed by atoms with Crippen molar-refractivity contribution < 1.29 is 14.7 Å². The van der Waals surface area contributed by atoms with Crippen molar-refractivity contribution in [2.24, 2.45) is 0 Å². The van der Waals surface area contributed by atoms with E-state index in [0.717, 1.165) is 29.8 Å². The Hall–Kier alpha value is -3.00. The zero-order valence-electron chi connectivity index (χ0n) is 16.1. The van der Waals surface area contributed by atoms with Crippen LogP contribution in [0.3, 0.4) is 0 Å². The van der Waals surface area contributed by atoms with Gasteiger partial charge in [0.2, 0.25) is 0 Å². The van der Waals surface area contributed by atoms with Crippen molar-refractivity contribution in [1.82, 2.24) is 25.1 Å². The van der Waals surface area contributed by atoms with Gasteiger partial charge in [-0.2, -0.15) is 0 Å². The van der Waals surface area contributed by atoms with E-state index in [4.69, 9.17) is 5.11 Å². The molecule has 1 aliphatic heterocycles. The SMILES string of the molecule is CNC(=O)c1ccc(-c2cnc(CN(C)C3CCN(C(=O)O)CC3)cn2)cc1. The van der Waals surface area contributed by atoms with Crippen molar-refractivity contribution in [3.8, 4) is 11.3 Å². The highest BCUT2D eigenvalue weighted by Crippen LogP contribution is 2.19. The number of hydrogen-bond acceptors (Lipinski definition) is 5.